The first-order valence-corrected chi connectivity index (χ1v) is 10.4. The Bertz CT molecular complexity index is 1000. The van der Waals surface area contributed by atoms with Crippen LogP contribution in [0.15, 0.2) is 46.0 Å². The number of aromatic nitrogens is 3. The number of hydrogen-bond acceptors (Lipinski definition) is 10. The highest BCUT2D eigenvalue weighted by atomic mass is 32.2. The van der Waals surface area contributed by atoms with Crippen molar-refractivity contribution >= 4 is 35.2 Å². The van der Waals surface area contributed by atoms with E-state index in [2.05, 4.69) is 25.7 Å². The molecule has 0 aliphatic heterocycles. The summed E-state index contributed by atoms with van der Waals surface area (Å²) >= 11 is 2.66. The topological polar surface area (TPSA) is 108 Å². The van der Waals surface area contributed by atoms with Gasteiger partial charge in [-0.1, -0.05) is 29.2 Å². The first-order chi connectivity index (χ1) is 14.6. The van der Waals surface area contributed by atoms with Gasteiger partial charge in [-0.15, -0.1) is 10.2 Å². The lowest BCUT2D eigenvalue weighted by Gasteiger charge is -2.12. The third kappa shape index (κ3) is 5.45. The number of amides is 1. The summed E-state index contributed by atoms with van der Waals surface area (Å²) < 4.78 is 16.5. The second kappa shape index (κ2) is 10.6. The summed E-state index contributed by atoms with van der Waals surface area (Å²) in [6.45, 7) is 0. The monoisotopic (exact) mass is 445 g/mol. The summed E-state index contributed by atoms with van der Waals surface area (Å²) in [6, 6.07) is 9.04. The molecule has 30 heavy (non-hydrogen) atoms. The molecule has 2 heterocycles. The number of benzene rings is 1. The summed E-state index contributed by atoms with van der Waals surface area (Å²) in [5.74, 6) is 1.38. The number of ether oxygens (including phenoxy) is 3. The van der Waals surface area contributed by atoms with Crippen molar-refractivity contribution in [2.24, 2.45) is 5.10 Å². The number of hydrazone groups is 1. The van der Waals surface area contributed by atoms with Gasteiger partial charge in [-0.2, -0.15) is 5.10 Å². The maximum Gasteiger partial charge on any atom is 0.250 e. The minimum absolute atomic E-state index is 0.156. The van der Waals surface area contributed by atoms with Crippen LogP contribution < -0.4 is 19.6 Å². The number of carbonyl (C=O) groups excluding carboxylic acids is 1. The van der Waals surface area contributed by atoms with Crippen molar-refractivity contribution in [2.45, 2.75) is 4.34 Å². The van der Waals surface area contributed by atoms with Crippen LogP contribution in [0.25, 0.3) is 10.7 Å². The maximum atomic E-state index is 12.1. The lowest BCUT2D eigenvalue weighted by Crippen LogP contribution is -2.19. The molecule has 0 saturated heterocycles. The molecule has 3 rings (SSSR count). The number of carbonyl (C=O) groups is 1. The van der Waals surface area contributed by atoms with Gasteiger partial charge in [-0.25, -0.2) is 5.43 Å². The summed E-state index contributed by atoms with van der Waals surface area (Å²) in [5.41, 5.74) is 3.92. The Hall–Kier alpha value is -3.18. The van der Waals surface area contributed by atoms with Gasteiger partial charge in [0.1, 0.15) is 5.69 Å². The minimum Gasteiger partial charge on any atom is -0.493 e. The van der Waals surface area contributed by atoms with Crippen molar-refractivity contribution in [3.8, 4) is 28.0 Å². The molecule has 2 aromatic heterocycles. The molecule has 1 amide bonds. The van der Waals surface area contributed by atoms with Crippen molar-refractivity contribution in [2.75, 3.05) is 27.1 Å². The van der Waals surface area contributed by atoms with Gasteiger partial charge in [0.25, 0.3) is 5.91 Å². The van der Waals surface area contributed by atoms with E-state index in [0.29, 0.717) is 32.2 Å². The standard InChI is InChI=1S/C19H19N5O4S2/c1-26-14-8-12(9-15(27-2)17(14)28-3)10-21-22-16(25)11-29-19-24-23-18(30-19)13-6-4-5-7-20-13/h4-10H,11H2,1-3H3,(H,22,25)/b21-10-. The summed E-state index contributed by atoms with van der Waals surface area (Å²) in [7, 11) is 4.59. The fourth-order valence-corrected chi connectivity index (χ4v) is 4.00. The van der Waals surface area contributed by atoms with Gasteiger partial charge in [0, 0.05) is 11.8 Å². The second-order valence-corrected chi connectivity index (χ2v) is 7.83. The number of methoxy groups -OCH3 is 3. The largest absolute Gasteiger partial charge is 0.493 e. The molecule has 0 atom stereocenters. The molecule has 0 spiro atoms. The van der Waals surface area contributed by atoms with E-state index in [1.54, 1.807) is 18.3 Å². The Kier molecular flexibility index (Phi) is 7.57. The Morgan fingerprint density at radius 2 is 1.93 bits per heavy atom. The van der Waals surface area contributed by atoms with Crippen molar-refractivity contribution in [3.63, 3.8) is 0 Å². The van der Waals surface area contributed by atoms with E-state index in [1.165, 1.54) is 50.6 Å². The Morgan fingerprint density at radius 3 is 2.57 bits per heavy atom. The van der Waals surface area contributed by atoms with Crippen molar-refractivity contribution in [1.29, 1.82) is 0 Å². The third-order valence-corrected chi connectivity index (χ3v) is 5.79. The van der Waals surface area contributed by atoms with Gasteiger partial charge >= 0.3 is 0 Å². The van der Waals surface area contributed by atoms with Crippen LogP contribution in [0, 0.1) is 0 Å². The highest BCUT2D eigenvalue weighted by molar-refractivity contribution is 8.01. The number of nitrogens with one attached hydrogen (secondary N) is 1. The lowest BCUT2D eigenvalue weighted by molar-refractivity contribution is -0.118. The molecule has 1 aromatic carbocycles. The summed E-state index contributed by atoms with van der Waals surface area (Å²) in [4.78, 5) is 16.3. The summed E-state index contributed by atoms with van der Waals surface area (Å²) in [5, 5.41) is 12.9. The molecule has 0 fully saturated rings. The van der Waals surface area contributed by atoms with Gasteiger partial charge in [0.2, 0.25) is 5.75 Å². The van der Waals surface area contributed by atoms with Crippen molar-refractivity contribution < 1.29 is 19.0 Å². The fourth-order valence-electron chi connectivity index (χ4n) is 2.38. The predicted molar refractivity (Wildman–Crippen MR) is 116 cm³/mol. The minimum atomic E-state index is -0.265. The zero-order valence-electron chi connectivity index (χ0n) is 16.5. The fraction of sp³-hybridized carbons (Fsp3) is 0.211. The van der Waals surface area contributed by atoms with Gasteiger partial charge in [0.15, 0.2) is 20.8 Å². The van der Waals surface area contributed by atoms with Gasteiger partial charge in [-0.05, 0) is 24.3 Å². The molecule has 156 valence electrons. The molecule has 11 heteroatoms. The average molecular weight is 446 g/mol. The zero-order valence-corrected chi connectivity index (χ0v) is 18.1. The van der Waals surface area contributed by atoms with E-state index in [-0.39, 0.29) is 11.7 Å². The van der Waals surface area contributed by atoms with Gasteiger partial charge in [0.05, 0.1) is 33.3 Å². The molecular weight excluding hydrogens is 426 g/mol. The van der Waals surface area contributed by atoms with E-state index in [0.717, 1.165) is 5.69 Å². The van der Waals surface area contributed by atoms with E-state index in [4.69, 9.17) is 14.2 Å². The van der Waals surface area contributed by atoms with Crippen LogP contribution in [0.1, 0.15) is 5.56 Å². The quantitative estimate of drug-likeness (QED) is 0.304. The van der Waals surface area contributed by atoms with Crippen LogP contribution >= 0.6 is 23.1 Å². The normalized spacial score (nSPS) is 10.8. The van der Waals surface area contributed by atoms with Crippen LogP contribution in [0.4, 0.5) is 0 Å². The predicted octanol–water partition coefficient (Wildman–Crippen LogP) is 2.87. The molecular formula is C19H19N5O4S2. The smallest absolute Gasteiger partial charge is 0.250 e. The maximum absolute atomic E-state index is 12.1. The molecule has 1 N–H and O–H groups in total. The first-order valence-electron chi connectivity index (χ1n) is 8.64. The molecule has 3 aromatic rings. The number of rotatable bonds is 9. The number of nitrogens with zero attached hydrogens (tertiary/aromatic N) is 4. The van der Waals surface area contributed by atoms with E-state index >= 15 is 0 Å². The van der Waals surface area contributed by atoms with Crippen LogP contribution in [-0.2, 0) is 4.79 Å². The summed E-state index contributed by atoms with van der Waals surface area (Å²) in [6.07, 6.45) is 3.19. The van der Waals surface area contributed by atoms with Crippen LogP contribution in [-0.4, -0.2) is 54.4 Å². The van der Waals surface area contributed by atoms with Gasteiger partial charge < -0.3 is 14.2 Å². The van der Waals surface area contributed by atoms with Gasteiger partial charge in [-0.3, -0.25) is 9.78 Å². The molecule has 0 bridgehead atoms. The van der Waals surface area contributed by atoms with E-state index in [9.17, 15) is 4.79 Å². The Balaban J connectivity index is 1.55. The van der Waals surface area contributed by atoms with Crippen molar-refractivity contribution in [3.05, 3.63) is 42.1 Å². The highest BCUT2D eigenvalue weighted by Gasteiger charge is 2.13. The lowest BCUT2D eigenvalue weighted by atomic mass is 10.2. The molecule has 0 unspecified atom stereocenters. The van der Waals surface area contributed by atoms with E-state index in [1.807, 2.05) is 18.2 Å². The molecule has 9 nitrogen and oxygen atoms in total. The SMILES string of the molecule is COc1cc(/C=N\NC(=O)CSc2nnc(-c3ccccn3)s2)cc(OC)c1OC. The highest BCUT2D eigenvalue weighted by Crippen LogP contribution is 2.37. The number of hydrogen-bond donors (Lipinski definition) is 1. The van der Waals surface area contributed by atoms with Crippen LogP contribution in [0.3, 0.4) is 0 Å². The van der Waals surface area contributed by atoms with E-state index < -0.39 is 0 Å². The molecule has 0 saturated carbocycles. The van der Waals surface area contributed by atoms with Crippen LogP contribution in [0.5, 0.6) is 17.2 Å². The van der Waals surface area contributed by atoms with Crippen LogP contribution in [0.2, 0.25) is 0 Å². The molecule has 0 aliphatic rings. The average Bonchev–Trinajstić information content (AvgIpc) is 3.26. The number of thioether (sulfide) groups is 1. The van der Waals surface area contributed by atoms with Crippen molar-refractivity contribution in [1.82, 2.24) is 20.6 Å². The molecule has 0 radical (unpaired) electrons. The molecule has 0 aliphatic carbocycles. The Morgan fingerprint density at radius 1 is 1.17 bits per heavy atom. The third-order valence-electron chi connectivity index (χ3n) is 3.71. The number of pyridine rings is 1. The Labute approximate surface area is 181 Å². The second-order valence-electron chi connectivity index (χ2n) is 5.63. The zero-order chi connectivity index (χ0) is 21.3. The first kappa shape index (κ1) is 21.5.